The number of carboxylic acids is 1. The minimum absolute atomic E-state index is 0.195. The number of benzene rings is 1. The second-order valence-corrected chi connectivity index (χ2v) is 4.41. The van der Waals surface area contributed by atoms with Crippen LogP contribution >= 0.6 is 0 Å². The van der Waals surface area contributed by atoms with E-state index in [0.717, 1.165) is 0 Å². The fourth-order valence-electron chi connectivity index (χ4n) is 1.73. The quantitative estimate of drug-likeness (QED) is 0.612. The van der Waals surface area contributed by atoms with Crippen LogP contribution < -0.4 is 5.32 Å². The molecule has 100 valence electrons. The summed E-state index contributed by atoms with van der Waals surface area (Å²) in [6.07, 6.45) is 0.555. The van der Waals surface area contributed by atoms with Crippen molar-refractivity contribution in [2.75, 3.05) is 18.5 Å². The molecule has 0 aromatic heterocycles. The van der Waals surface area contributed by atoms with Crippen molar-refractivity contribution in [1.82, 2.24) is 0 Å². The molecule has 1 aromatic rings. The van der Waals surface area contributed by atoms with Gasteiger partial charge in [0.25, 0.3) is 0 Å². The van der Waals surface area contributed by atoms with Crippen molar-refractivity contribution in [3.8, 4) is 0 Å². The Hall–Kier alpha value is -1.59. The average molecular weight is 253 g/mol. The third kappa shape index (κ3) is 3.00. The van der Waals surface area contributed by atoms with Gasteiger partial charge in [0.05, 0.1) is 24.3 Å². The zero-order valence-electron chi connectivity index (χ0n) is 10.6. The number of carbonyl (C=O) groups is 1. The minimum Gasteiger partial charge on any atom is -0.478 e. The lowest BCUT2D eigenvalue weighted by atomic mass is 9.97. The van der Waals surface area contributed by atoms with Gasteiger partial charge in [-0.3, -0.25) is 0 Å². The summed E-state index contributed by atoms with van der Waals surface area (Å²) in [5.41, 5.74) is 0.781. The van der Waals surface area contributed by atoms with E-state index < -0.39 is 11.5 Å². The SMILES string of the molecule is CCC(CO)(CO)Nc1ccc(C(=O)O)c(C)c1. The molecule has 4 N–H and O–H groups in total. The van der Waals surface area contributed by atoms with E-state index in [1.54, 1.807) is 19.1 Å². The van der Waals surface area contributed by atoms with E-state index in [-0.39, 0.29) is 18.8 Å². The number of carboxylic acid groups (broad SMARTS) is 1. The predicted molar refractivity (Wildman–Crippen MR) is 69.0 cm³/mol. The van der Waals surface area contributed by atoms with Gasteiger partial charge in [0.15, 0.2) is 0 Å². The predicted octanol–water partition coefficient (Wildman–Crippen LogP) is 1.24. The highest BCUT2D eigenvalue weighted by Gasteiger charge is 2.26. The van der Waals surface area contributed by atoms with Crippen molar-refractivity contribution >= 4 is 11.7 Å². The summed E-state index contributed by atoms with van der Waals surface area (Å²) in [7, 11) is 0. The van der Waals surface area contributed by atoms with Crippen molar-refractivity contribution in [3.63, 3.8) is 0 Å². The van der Waals surface area contributed by atoms with Gasteiger partial charge in [-0.25, -0.2) is 4.79 Å². The molecule has 0 atom stereocenters. The lowest BCUT2D eigenvalue weighted by Crippen LogP contribution is -2.45. The molecule has 5 nitrogen and oxygen atoms in total. The summed E-state index contributed by atoms with van der Waals surface area (Å²) in [4.78, 5) is 10.9. The van der Waals surface area contributed by atoms with Crippen molar-refractivity contribution < 1.29 is 20.1 Å². The molecule has 0 fully saturated rings. The van der Waals surface area contributed by atoms with Gasteiger partial charge in [0.1, 0.15) is 0 Å². The Morgan fingerprint density at radius 2 is 1.94 bits per heavy atom. The van der Waals surface area contributed by atoms with Crippen LogP contribution in [0.1, 0.15) is 29.3 Å². The normalized spacial score (nSPS) is 11.3. The van der Waals surface area contributed by atoms with Crippen LogP contribution in [0, 0.1) is 6.92 Å². The molecule has 0 aliphatic carbocycles. The standard InChI is InChI=1S/C13H19NO4/c1-3-13(7-15,8-16)14-10-4-5-11(12(17)18)9(2)6-10/h4-6,14-16H,3,7-8H2,1-2H3,(H,17,18). The molecule has 0 aliphatic rings. The first-order chi connectivity index (χ1) is 8.48. The lowest BCUT2D eigenvalue weighted by molar-refractivity contribution is 0.0696. The van der Waals surface area contributed by atoms with Crippen molar-refractivity contribution in [2.24, 2.45) is 0 Å². The molecule has 1 aromatic carbocycles. The molecule has 0 radical (unpaired) electrons. The van der Waals surface area contributed by atoms with Crippen LogP contribution in [0.5, 0.6) is 0 Å². The highest BCUT2D eigenvalue weighted by Crippen LogP contribution is 2.21. The van der Waals surface area contributed by atoms with Crippen LogP contribution in [-0.2, 0) is 0 Å². The zero-order valence-corrected chi connectivity index (χ0v) is 10.6. The van der Waals surface area contributed by atoms with Crippen LogP contribution in [-0.4, -0.2) is 40.0 Å². The molecule has 0 unspecified atom stereocenters. The topological polar surface area (TPSA) is 89.8 Å². The molecule has 0 saturated carbocycles. The molecule has 0 heterocycles. The fraction of sp³-hybridized carbons (Fsp3) is 0.462. The summed E-state index contributed by atoms with van der Waals surface area (Å²) < 4.78 is 0. The van der Waals surface area contributed by atoms with Crippen molar-refractivity contribution in [1.29, 1.82) is 0 Å². The summed E-state index contributed by atoms with van der Waals surface area (Å²) >= 11 is 0. The van der Waals surface area contributed by atoms with Crippen molar-refractivity contribution in [3.05, 3.63) is 29.3 Å². The molecule has 5 heteroatoms. The maximum absolute atomic E-state index is 10.9. The number of aliphatic hydroxyl groups excluding tert-OH is 2. The average Bonchev–Trinajstić information content (AvgIpc) is 2.36. The van der Waals surface area contributed by atoms with Gasteiger partial charge >= 0.3 is 5.97 Å². The van der Waals surface area contributed by atoms with Gasteiger partial charge in [-0.1, -0.05) is 6.92 Å². The summed E-state index contributed by atoms with van der Waals surface area (Å²) in [5, 5.41) is 30.6. The van der Waals surface area contributed by atoms with Gasteiger partial charge in [-0.05, 0) is 37.1 Å². The molecule has 18 heavy (non-hydrogen) atoms. The molecule has 0 bridgehead atoms. The smallest absolute Gasteiger partial charge is 0.335 e. The van der Waals surface area contributed by atoms with Gasteiger partial charge < -0.3 is 20.6 Å². The fourth-order valence-corrected chi connectivity index (χ4v) is 1.73. The van der Waals surface area contributed by atoms with E-state index in [2.05, 4.69) is 5.32 Å². The summed E-state index contributed by atoms with van der Waals surface area (Å²) in [5.74, 6) is -0.967. The highest BCUT2D eigenvalue weighted by atomic mass is 16.4. The van der Waals surface area contributed by atoms with Crippen LogP contribution in [0.25, 0.3) is 0 Å². The number of aryl methyl sites for hydroxylation is 1. The Bertz CT molecular complexity index is 419. The van der Waals surface area contributed by atoms with Gasteiger partial charge in [-0.2, -0.15) is 0 Å². The maximum Gasteiger partial charge on any atom is 0.335 e. The molecule has 0 amide bonds. The molecular weight excluding hydrogens is 234 g/mol. The second-order valence-electron chi connectivity index (χ2n) is 4.41. The molecule has 0 saturated heterocycles. The number of nitrogens with one attached hydrogen (secondary N) is 1. The van der Waals surface area contributed by atoms with E-state index in [1.165, 1.54) is 6.07 Å². The zero-order chi connectivity index (χ0) is 13.8. The minimum atomic E-state index is -0.967. The number of hydrogen-bond donors (Lipinski definition) is 4. The largest absolute Gasteiger partial charge is 0.478 e. The Morgan fingerprint density at radius 3 is 2.33 bits per heavy atom. The van der Waals surface area contributed by atoms with E-state index in [1.807, 2.05) is 6.92 Å². The summed E-state index contributed by atoms with van der Waals surface area (Å²) in [6, 6.07) is 4.83. The van der Waals surface area contributed by atoms with Crippen LogP contribution in [0.15, 0.2) is 18.2 Å². The Morgan fingerprint density at radius 1 is 1.33 bits per heavy atom. The van der Waals surface area contributed by atoms with Crippen LogP contribution in [0.4, 0.5) is 5.69 Å². The van der Waals surface area contributed by atoms with Gasteiger partial charge in [0, 0.05) is 5.69 Å². The second kappa shape index (κ2) is 5.84. The molecular formula is C13H19NO4. The summed E-state index contributed by atoms with van der Waals surface area (Å²) in [6.45, 7) is 3.18. The molecule has 0 aliphatic heterocycles. The third-order valence-electron chi connectivity index (χ3n) is 3.15. The number of aromatic carboxylic acids is 1. The van der Waals surface area contributed by atoms with Crippen LogP contribution in [0.2, 0.25) is 0 Å². The maximum atomic E-state index is 10.9. The monoisotopic (exact) mass is 253 g/mol. The number of rotatable bonds is 6. The lowest BCUT2D eigenvalue weighted by Gasteiger charge is -2.31. The number of hydrogen-bond acceptors (Lipinski definition) is 4. The first kappa shape index (κ1) is 14.5. The number of aliphatic hydroxyl groups is 2. The van der Waals surface area contributed by atoms with Gasteiger partial charge in [0.2, 0.25) is 0 Å². The van der Waals surface area contributed by atoms with E-state index in [0.29, 0.717) is 17.7 Å². The third-order valence-corrected chi connectivity index (χ3v) is 3.15. The van der Waals surface area contributed by atoms with E-state index in [4.69, 9.17) is 5.11 Å². The molecule has 1 rings (SSSR count). The highest BCUT2D eigenvalue weighted by molar-refractivity contribution is 5.89. The first-order valence-corrected chi connectivity index (χ1v) is 5.82. The van der Waals surface area contributed by atoms with E-state index >= 15 is 0 Å². The Balaban J connectivity index is 2.98. The first-order valence-electron chi connectivity index (χ1n) is 5.82. The Labute approximate surface area is 106 Å². The van der Waals surface area contributed by atoms with Gasteiger partial charge in [-0.15, -0.1) is 0 Å². The van der Waals surface area contributed by atoms with E-state index in [9.17, 15) is 15.0 Å². The van der Waals surface area contributed by atoms with Crippen LogP contribution in [0.3, 0.4) is 0 Å². The number of anilines is 1. The Kier molecular flexibility index (Phi) is 4.69. The van der Waals surface area contributed by atoms with Crippen molar-refractivity contribution in [2.45, 2.75) is 25.8 Å². The molecule has 0 spiro atoms.